The molecule has 0 fully saturated rings. The molecule has 1 rings (SSSR count). The molecular weight excluding hydrogens is 228 g/mol. The van der Waals surface area contributed by atoms with E-state index in [-0.39, 0.29) is 11.7 Å². The summed E-state index contributed by atoms with van der Waals surface area (Å²) in [5, 5.41) is 20.4. The molecule has 0 bridgehead atoms. The molecule has 0 saturated heterocycles. The number of nitrogens with one attached hydrogen (secondary N) is 1. The third-order valence-corrected chi connectivity index (χ3v) is 2.72. The topological polar surface area (TPSA) is 73.1 Å². The van der Waals surface area contributed by atoms with Crippen LogP contribution in [0.15, 0.2) is 24.3 Å². The minimum Gasteiger partial charge on any atom is -0.508 e. The van der Waals surface area contributed by atoms with Crippen LogP contribution in [0.2, 0.25) is 0 Å². The van der Waals surface area contributed by atoms with Gasteiger partial charge >= 0.3 is 0 Å². The monoisotopic (exact) mass is 246 g/mol. The fourth-order valence-electron chi connectivity index (χ4n) is 1.68. The Morgan fingerprint density at radius 2 is 2.00 bits per heavy atom. The van der Waals surface area contributed by atoms with Crippen molar-refractivity contribution in [2.75, 3.05) is 6.54 Å². The van der Waals surface area contributed by atoms with Gasteiger partial charge in [-0.15, -0.1) is 0 Å². The average molecular weight is 246 g/mol. The van der Waals surface area contributed by atoms with E-state index in [1.54, 1.807) is 24.3 Å². The van der Waals surface area contributed by atoms with Gasteiger partial charge in [-0.25, -0.2) is 0 Å². The molecule has 0 heterocycles. The lowest BCUT2D eigenvalue weighted by Crippen LogP contribution is -2.38. The molecule has 4 nitrogen and oxygen atoms in total. The van der Waals surface area contributed by atoms with Crippen molar-refractivity contribution < 1.29 is 9.90 Å². The molecule has 0 aliphatic carbocycles. The Kier molecular flexibility index (Phi) is 4.73. The molecule has 0 aliphatic heterocycles. The molecule has 0 aliphatic rings. The molecule has 18 heavy (non-hydrogen) atoms. The lowest BCUT2D eigenvalue weighted by atomic mass is 9.85. The second-order valence-electron chi connectivity index (χ2n) is 4.89. The van der Waals surface area contributed by atoms with Gasteiger partial charge in [-0.2, -0.15) is 5.26 Å². The van der Waals surface area contributed by atoms with Gasteiger partial charge in [0.25, 0.3) is 0 Å². The lowest BCUT2D eigenvalue weighted by molar-refractivity contribution is -0.129. The predicted octanol–water partition coefficient (Wildman–Crippen LogP) is 1.99. The van der Waals surface area contributed by atoms with E-state index in [9.17, 15) is 9.90 Å². The van der Waals surface area contributed by atoms with Crippen molar-refractivity contribution >= 4 is 5.91 Å². The Bertz CT molecular complexity index is 444. The summed E-state index contributed by atoms with van der Waals surface area (Å²) in [5.41, 5.74) is 0.458. The molecule has 0 unspecified atom stereocenters. The van der Waals surface area contributed by atoms with E-state index < -0.39 is 5.41 Å². The smallest absolute Gasteiger partial charge is 0.226 e. The Morgan fingerprint density at radius 1 is 1.39 bits per heavy atom. The van der Waals surface area contributed by atoms with E-state index in [0.29, 0.717) is 19.4 Å². The summed E-state index contributed by atoms with van der Waals surface area (Å²) in [7, 11) is 0. The SMILES string of the molecule is CC(C)(Cc1ccc(O)cc1)C(=O)NCCC#N. The standard InChI is InChI=1S/C14H18N2O2/c1-14(2,13(18)16-9-3-8-15)10-11-4-6-12(17)7-5-11/h4-7,17H,3,9-10H2,1-2H3,(H,16,18). The summed E-state index contributed by atoms with van der Waals surface area (Å²) in [6, 6.07) is 8.82. The maximum atomic E-state index is 11.9. The van der Waals surface area contributed by atoms with E-state index >= 15 is 0 Å². The lowest BCUT2D eigenvalue weighted by Gasteiger charge is -2.23. The predicted molar refractivity (Wildman–Crippen MR) is 68.8 cm³/mol. The molecule has 0 aromatic heterocycles. The second-order valence-corrected chi connectivity index (χ2v) is 4.89. The van der Waals surface area contributed by atoms with Crippen LogP contribution in [0.1, 0.15) is 25.8 Å². The van der Waals surface area contributed by atoms with Crippen molar-refractivity contribution in [3.8, 4) is 11.8 Å². The summed E-state index contributed by atoms with van der Waals surface area (Å²) in [4.78, 5) is 11.9. The number of hydrogen-bond acceptors (Lipinski definition) is 3. The van der Waals surface area contributed by atoms with Gasteiger partial charge in [0.05, 0.1) is 12.5 Å². The number of carbonyl (C=O) groups is 1. The molecule has 2 N–H and O–H groups in total. The Labute approximate surface area is 107 Å². The molecule has 1 aromatic rings. The number of phenols is 1. The zero-order chi connectivity index (χ0) is 13.6. The van der Waals surface area contributed by atoms with Crippen molar-refractivity contribution in [3.05, 3.63) is 29.8 Å². The van der Waals surface area contributed by atoms with Crippen molar-refractivity contribution in [1.82, 2.24) is 5.32 Å². The van der Waals surface area contributed by atoms with Crippen molar-refractivity contribution in [3.63, 3.8) is 0 Å². The highest BCUT2D eigenvalue weighted by Crippen LogP contribution is 2.23. The van der Waals surface area contributed by atoms with E-state index in [1.165, 1.54) is 0 Å². The van der Waals surface area contributed by atoms with Gasteiger partial charge in [0.15, 0.2) is 0 Å². The maximum Gasteiger partial charge on any atom is 0.226 e. The fraction of sp³-hybridized carbons (Fsp3) is 0.429. The third-order valence-electron chi connectivity index (χ3n) is 2.72. The summed E-state index contributed by atoms with van der Waals surface area (Å²) in [6.07, 6.45) is 0.909. The number of rotatable bonds is 5. The Hall–Kier alpha value is -2.02. The van der Waals surface area contributed by atoms with Gasteiger partial charge in [-0.05, 0) is 24.1 Å². The van der Waals surface area contributed by atoms with Crippen LogP contribution in [0.3, 0.4) is 0 Å². The molecule has 1 amide bonds. The first-order valence-electron chi connectivity index (χ1n) is 5.89. The van der Waals surface area contributed by atoms with Crippen molar-refractivity contribution in [2.24, 2.45) is 5.41 Å². The number of nitrogens with zero attached hydrogens (tertiary/aromatic N) is 1. The molecular formula is C14H18N2O2. The normalized spacial score (nSPS) is 10.7. The van der Waals surface area contributed by atoms with Gasteiger partial charge in [-0.1, -0.05) is 26.0 Å². The van der Waals surface area contributed by atoms with E-state index in [4.69, 9.17) is 5.26 Å². The molecule has 96 valence electrons. The van der Waals surface area contributed by atoms with E-state index in [2.05, 4.69) is 5.32 Å². The van der Waals surface area contributed by atoms with Gasteiger partial charge < -0.3 is 10.4 Å². The molecule has 0 radical (unpaired) electrons. The molecule has 4 heteroatoms. The highest BCUT2D eigenvalue weighted by Gasteiger charge is 2.27. The second kappa shape index (κ2) is 6.06. The summed E-state index contributed by atoms with van der Waals surface area (Å²) >= 11 is 0. The number of carbonyl (C=O) groups excluding carboxylic acids is 1. The average Bonchev–Trinajstić information content (AvgIpc) is 2.32. The quantitative estimate of drug-likeness (QED) is 0.780. The molecule has 0 spiro atoms. The van der Waals surface area contributed by atoms with Crippen LogP contribution in [0, 0.1) is 16.7 Å². The molecule has 0 atom stereocenters. The Balaban J connectivity index is 2.60. The molecule has 0 saturated carbocycles. The van der Waals surface area contributed by atoms with E-state index in [1.807, 2.05) is 19.9 Å². The van der Waals surface area contributed by atoms with Crippen LogP contribution in [-0.4, -0.2) is 17.6 Å². The van der Waals surface area contributed by atoms with E-state index in [0.717, 1.165) is 5.56 Å². The Morgan fingerprint density at radius 3 is 2.56 bits per heavy atom. The van der Waals surface area contributed by atoms with Crippen LogP contribution >= 0.6 is 0 Å². The zero-order valence-corrected chi connectivity index (χ0v) is 10.7. The van der Waals surface area contributed by atoms with Crippen molar-refractivity contribution in [1.29, 1.82) is 5.26 Å². The zero-order valence-electron chi connectivity index (χ0n) is 10.7. The first kappa shape index (κ1) is 14.0. The van der Waals surface area contributed by atoms with Gasteiger partial charge in [0, 0.05) is 12.0 Å². The highest BCUT2D eigenvalue weighted by molar-refractivity contribution is 5.82. The van der Waals surface area contributed by atoms with Gasteiger partial charge in [-0.3, -0.25) is 4.79 Å². The number of nitriles is 1. The first-order valence-corrected chi connectivity index (χ1v) is 5.89. The van der Waals surface area contributed by atoms with Gasteiger partial charge in [0.1, 0.15) is 5.75 Å². The highest BCUT2D eigenvalue weighted by atomic mass is 16.3. The van der Waals surface area contributed by atoms with Crippen LogP contribution < -0.4 is 5.32 Å². The fourth-order valence-corrected chi connectivity index (χ4v) is 1.68. The van der Waals surface area contributed by atoms with Gasteiger partial charge in [0.2, 0.25) is 5.91 Å². The summed E-state index contributed by atoms with van der Waals surface area (Å²) < 4.78 is 0. The maximum absolute atomic E-state index is 11.9. The number of hydrogen-bond donors (Lipinski definition) is 2. The minimum absolute atomic E-state index is 0.0641. The number of benzene rings is 1. The van der Waals surface area contributed by atoms with Crippen LogP contribution in [-0.2, 0) is 11.2 Å². The van der Waals surface area contributed by atoms with Crippen molar-refractivity contribution in [2.45, 2.75) is 26.7 Å². The summed E-state index contributed by atoms with van der Waals surface area (Å²) in [6.45, 7) is 4.11. The number of aromatic hydroxyl groups is 1. The molecule has 1 aromatic carbocycles. The first-order chi connectivity index (χ1) is 8.45. The van der Waals surface area contributed by atoms with Crippen LogP contribution in [0.4, 0.5) is 0 Å². The van der Waals surface area contributed by atoms with Crippen LogP contribution in [0.5, 0.6) is 5.75 Å². The van der Waals surface area contributed by atoms with Crippen LogP contribution in [0.25, 0.3) is 0 Å². The largest absolute Gasteiger partial charge is 0.508 e. The minimum atomic E-state index is -0.535. The summed E-state index contributed by atoms with van der Waals surface area (Å²) in [5.74, 6) is 0.154. The third kappa shape index (κ3) is 4.10. The number of phenolic OH excluding ortho intramolecular Hbond substituents is 1. The number of amides is 1.